The molecular formula is C18H19IN2O4. The minimum Gasteiger partial charge on any atom is -0.484 e. The van der Waals surface area contributed by atoms with Crippen molar-refractivity contribution in [1.29, 1.82) is 0 Å². The first-order valence-electron chi connectivity index (χ1n) is 7.75. The Morgan fingerprint density at radius 2 is 1.52 bits per heavy atom. The third-order valence-electron chi connectivity index (χ3n) is 3.24. The van der Waals surface area contributed by atoms with Gasteiger partial charge in [0.05, 0.1) is 0 Å². The number of rotatable bonds is 7. The van der Waals surface area contributed by atoms with Crippen LogP contribution in [0.15, 0.2) is 48.5 Å². The van der Waals surface area contributed by atoms with Gasteiger partial charge >= 0.3 is 0 Å². The highest BCUT2D eigenvalue weighted by Crippen LogP contribution is 2.17. The maximum atomic E-state index is 11.7. The number of hydrogen-bond acceptors (Lipinski definition) is 4. The zero-order chi connectivity index (χ0) is 18.1. The van der Waals surface area contributed by atoms with Crippen LogP contribution in [0.25, 0.3) is 0 Å². The molecule has 0 spiro atoms. The highest BCUT2D eigenvalue weighted by molar-refractivity contribution is 14.1. The molecule has 0 fully saturated rings. The number of para-hydroxylation sites is 1. The topological polar surface area (TPSA) is 76.7 Å². The molecule has 0 radical (unpaired) electrons. The second-order valence-electron chi connectivity index (χ2n) is 5.09. The first kappa shape index (κ1) is 19.0. The highest BCUT2D eigenvalue weighted by atomic mass is 127. The molecule has 0 saturated carbocycles. The van der Waals surface area contributed by atoms with E-state index in [9.17, 15) is 9.59 Å². The van der Waals surface area contributed by atoms with E-state index >= 15 is 0 Å². The Morgan fingerprint density at radius 1 is 0.920 bits per heavy atom. The van der Waals surface area contributed by atoms with Crippen molar-refractivity contribution in [2.45, 2.75) is 13.3 Å². The molecule has 0 bridgehead atoms. The number of ether oxygens (including phenoxy) is 2. The minimum absolute atomic E-state index is 0.185. The summed E-state index contributed by atoms with van der Waals surface area (Å²) in [6.45, 7) is 1.63. The molecule has 132 valence electrons. The van der Waals surface area contributed by atoms with Gasteiger partial charge in [-0.2, -0.15) is 0 Å². The summed E-state index contributed by atoms with van der Waals surface area (Å²) in [6.07, 6.45) is 0.810. The smallest absolute Gasteiger partial charge is 0.276 e. The van der Waals surface area contributed by atoms with E-state index < -0.39 is 11.8 Å². The largest absolute Gasteiger partial charge is 0.484 e. The number of hydrazine groups is 1. The fraction of sp³-hybridized carbons (Fsp3) is 0.222. The Hall–Kier alpha value is -2.29. The van der Waals surface area contributed by atoms with Crippen LogP contribution >= 0.6 is 22.6 Å². The van der Waals surface area contributed by atoms with Crippen LogP contribution in [0.4, 0.5) is 0 Å². The lowest BCUT2D eigenvalue weighted by Gasteiger charge is -2.11. The Labute approximate surface area is 160 Å². The molecule has 0 aliphatic carbocycles. The van der Waals surface area contributed by atoms with Gasteiger partial charge in [-0.15, -0.1) is 0 Å². The molecule has 2 amide bonds. The van der Waals surface area contributed by atoms with Gasteiger partial charge in [0.1, 0.15) is 11.5 Å². The Balaban J connectivity index is 1.68. The lowest BCUT2D eigenvalue weighted by molar-refractivity contribution is -0.131. The summed E-state index contributed by atoms with van der Waals surface area (Å²) in [5.41, 5.74) is 5.59. The van der Waals surface area contributed by atoms with Crippen molar-refractivity contribution >= 4 is 34.4 Å². The highest BCUT2D eigenvalue weighted by Gasteiger charge is 2.08. The number of benzene rings is 2. The van der Waals surface area contributed by atoms with Crippen LogP contribution in [0.5, 0.6) is 11.5 Å². The third-order valence-corrected chi connectivity index (χ3v) is 3.96. The molecule has 0 heterocycles. The van der Waals surface area contributed by atoms with Crippen LogP contribution in [-0.2, 0) is 16.0 Å². The Morgan fingerprint density at radius 3 is 2.16 bits per heavy atom. The van der Waals surface area contributed by atoms with Crippen LogP contribution < -0.4 is 20.3 Å². The van der Waals surface area contributed by atoms with Crippen molar-refractivity contribution in [1.82, 2.24) is 10.9 Å². The number of carbonyl (C=O) groups excluding carboxylic acids is 2. The van der Waals surface area contributed by atoms with Crippen LogP contribution in [0, 0.1) is 3.57 Å². The summed E-state index contributed by atoms with van der Waals surface area (Å²) < 4.78 is 11.9. The van der Waals surface area contributed by atoms with Gasteiger partial charge < -0.3 is 9.47 Å². The average molecular weight is 454 g/mol. The van der Waals surface area contributed by atoms with Crippen LogP contribution in [0.3, 0.4) is 0 Å². The zero-order valence-corrected chi connectivity index (χ0v) is 15.9. The fourth-order valence-electron chi connectivity index (χ4n) is 1.97. The molecule has 2 aromatic carbocycles. The van der Waals surface area contributed by atoms with E-state index in [1.807, 2.05) is 37.3 Å². The van der Waals surface area contributed by atoms with Crippen molar-refractivity contribution in [3.63, 3.8) is 0 Å². The molecule has 6 nitrogen and oxygen atoms in total. The fourth-order valence-corrected chi connectivity index (χ4v) is 2.33. The molecule has 0 atom stereocenters. The predicted molar refractivity (Wildman–Crippen MR) is 102 cm³/mol. The zero-order valence-electron chi connectivity index (χ0n) is 13.8. The summed E-state index contributed by atoms with van der Waals surface area (Å²) in [7, 11) is 0. The van der Waals surface area contributed by atoms with Crippen molar-refractivity contribution < 1.29 is 19.1 Å². The van der Waals surface area contributed by atoms with Crippen LogP contribution in [0.2, 0.25) is 0 Å². The van der Waals surface area contributed by atoms with Gasteiger partial charge in [0.2, 0.25) is 0 Å². The van der Waals surface area contributed by atoms with Crippen molar-refractivity contribution in [3.05, 3.63) is 57.7 Å². The summed E-state index contributed by atoms with van der Waals surface area (Å²) in [6, 6.07) is 14.8. The van der Waals surface area contributed by atoms with Crippen LogP contribution in [-0.4, -0.2) is 25.0 Å². The second kappa shape index (κ2) is 9.87. The number of amides is 2. The number of halogens is 1. The Kier molecular flexibility index (Phi) is 7.52. The Bertz CT molecular complexity index is 719. The standard InChI is InChI=1S/C18H19IN2O4/c1-2-13-5-3-4-6-16(13)25-12-18(23)21-20-17(22)11-24-15-9-7-14(19)8-10-15/h3-10H,2,11-12H2,1H3,(H,20,22)(H,21,23). The molecule has 0 unspecified atom stereocenters. The van der Waals surface area contributed by atoms with Crippen molar-refractivity contribution in [2.24, 2.45) is 0 Å². The minimum atomic E-state index is -0.458. The molecule has 25 heavy (non-hydrogen) atoms. The van der Waals surface area contributed by atoms with Gasteiger partial charge in [0, 0.05) is 3.57 Å². The predicted octanol–water partition coefficient (Wildman–Crippen LogP) is 2.46. The van der Waals surface area contributed by atoms with E-state index in [2.05, 4.69) is 33.4 Å². The second-order valence-corrected chi connectivity index (χ2v) is 6.33. The van der Waals surface area contributed by atoms with Gasteiger partial charge in [0.15, 0.2) is 13.2 Å². The maximum absolute atomic E-state index is 11.7. The normalized spacial score (nSPS) is 10.0. The number of hydrogen-bond donors (Lipinski definition) is 2. The number of nitrogens with one attached hydrogen (secondary N) is 2. The van der Waals surface area contributed by atoms with Gasteiger partial charge in [-0.3, -0.25) is 20.4 Å². The SMILES string of the molecule is CCc1ccccc1OCC(=O)NNC(=O)COc1ccc(I)cc1. The van der Waals surface area contributed by atoms with E-state index in [1.165, 1.54) is 0 Å². The van der Waals surface area contributed by atoms with E-state index in [1.54, 1.807) is 18.2 Å². The lowest BCUT2D eigenvalue weighted by atomic mass is 10.1. The quantitative estimate of drug-likeness (QED) is 0.498. The lowest BCUT2D eigenvalue weighted by Crippen LogP contribution is -2.45. The average Bonchev–Trinajstić information content (AvgIpc) is 2.64. The van der Waals surface area contributed by atoms with Gasteiger partial charge in [-0.25, -0.2) is 0 Å². The summed E-state index contributed by atoms with van der Waals surface area (Å²) in [5, 5.41) is 0. The van der Waals surface area contributed by atoms with Gasteiger partial charge in [-0.05, 0) is 64.9 Å². The molecule has 0 saturated heterocycles. The van der Waals surface area contributed by atoms with E-state index in [-0.39, 0.29) is 13.2 Å². The molecule has 0 aliphatic heterocycles. The van der Waals surface area contributed by atoms with Crippen molar-refractivity contribution in [3.8, 4) is 11.5 Å². The van der Waals surface area contributed by atoms with E-state index in [0.29, 0.717) is 11.5 Å². The van der Waals surface area contributed by atoms with Crippen molar-refractivity contribution in [2.75, 3.05) is 13.2 Å². The number of aryl methyl sites for hydroxylation is 1. The molecule has 2 rings (SSSR count). The number of carbonyl (C=O) groups is 2. The summed E-state index contributed by atoms with van der Waals surface area (Å²) >= 11 is 2.18. The molecule has 2 aromatic rings. The van der Waals surface area contributed by atoms with E-state index in [0.717, 1.165) is 15.6 Å². The monoisotopic (exact) mass is 454 g/mol. The molecular weight excluding hydrogens is 435 g/mol. The molecule has 0 aliphatic rings. The van der Waals surface area contributed by atoms with Crippen LogP contribution in [0.1, 0.15) is 12.5 Å². The van der Waals surface area contributed by atoms with Gasteiger partial charge in [-0.1, -0.05) is 25.1 Å². The first-order valence-corrected chi connectivity index (χ1v) is 8.83. The summed E-state index contributed by atoms with van der Waals surface area (Å²) in [5.74, 6) is 0.337. The third kappa shape index (κ3) is 6.61. The first-order chi connectivity index (χ1) is 12.1. The molecule has 2 N–H and O–H groups in total. The molecule has 7 heteroatoms. The van der Waals surface area contributed by atoms with Gasteiger partial charge in [0.25, 0.3) is 11.8 Å². The molecule has 0 aromatic heterocycles. The summed E-state index contributed by atoms with van der Waals surface area (Å²) in [4.78, 5) is 23.4. The maximum Gasteiger partial charge on any atom is 0.276 e. The van der Waals surface area contributed by atoms with E-state index in [4.69, 9.17) is 9.47 Å².